The van der Waals surface area contributed by atoms with Crippen LogP contribution in [0, 0.1) is 0 Å². The monoisotopic (exact) mass is 343 g/mol. The molecule has 1 amide bonds. The second-order valence-corrected chi connectivity index (χ2v) is 5.85. The minimum absolute atomic E-state index is 0.266. The lowest BCUT2D eigenvalue weighted by Crippen LogP contribution is -2.17. The van der Waals surface area contributed by atoms with Gasteiger partial charge in [-0.2, -0.15) is 5.10 Å². The standard InChI is InChI=1S/C21H17N3O2/c1-26-20-11-10-14-6-2-3-7-15(14)17(20)13-23-24-21(25)18-12-22-19-9-5-4-8-16(18)19/h2-13,22H,1H3,(H,24,25). The molecule has 0 atom stereocenters. The van der Waals surface area contributed by atoms with Gasteiger partial charge in [0.25, 0.3) is 5.91 Å². The second-order valence-electron chi connectivity index (χ2n) is 5.85. The van der Waals surface area contributed by atoms with E-state index in [0.29, 0.717) is 11.3 Å². The van der Waals surface area contributed by atoms with E-state index in [1.165, 1.54) is 0 Å². The van der Waals surface area contributed by atoms with Crippen molar-refractivity contribution in [2.24, 2.45) is 5.10 Å². The lowest BCUT2D eigenvalue weighted by Gasteiger charge is -2.08. The highest BCUT2D eigenvalue weighted by molar-refractivity contribution is 6.07. The number of ether oxygens (including phenoxy) is 1. The van der Waals surface area contributed by atoms with E-state index in [9.17, 15) is 4.79 Å². The van der Waals surface area contributed by atoms with Crippen LogP contribution in [0.3, 0.4) is 0 Å². The maximum atomic E-state index is 12.5. The molecule has 0 saturated heterocycles. The molecule has 26 heavy (non-hydrogen) atoms. The topological polar surface area (TPSA) is 66.5 Å². The minimum atomic E-state index is -0.266. The third-order valence-corrected chi connectivity index (χ3v) is 4.34. The van der Waals surface area contributed by atoms with Gasteiger partial charge in [-0.15, -0.1) is 0 Å². The van der Waals surface area contributed by atoms with Gasteiger partial charge in [0.05, 0.1) is 18.9 Å². The maximum absolute atomic E-state index is 12.5. The molecule has 1 aromatic heterocycles. The van der Waals surface area contributed by atoms with E-state index < -0.39 is 0 Å². The first-order valence-electron chi connectivity index (χ1n) is 8.23. The molecule has 128 valence electrons. The van der Waals surface area contributed by atoms with E-state index in [2.05, 4.69) is 15.5 Å². The molecule has 2 N–H and O–H groups in total. The van der Waals surface area contributed by atoms with Gasteiger partial charge in [0.1, 0.15) is 5.75 Å². The number of hydrogen-bond donors (Lipinski definition) is 2. The Morgan fingerprint density at radius 2 is 1.81 bits per heavy atom. The number of carbonyl (C=O) groups excluding carboxylic acids is 1. The number of para-hydroxylation sites is 1. The first-order valence-corrected chi connectivity index (χ1v) is 8.23. The molecule has 0 fully saturated rings. The second kappa shape index (κ2) is 6.72. The highest BCUT2D eigenvalue weighted by atomic mass is 16.5. The van der Waals surface area contributed by atoms with Crippen LogP contribution in [0.25, 0.3) is 21.7 Å². The first-order chi connectivity index (χ1) is 12.8. The molecule has 0 aliphatic carbocycles. The summed E-state index contributed by atoms with van der Waals surface area (Å²) in [5.74, 6) is 0.437. The zero-order valence-corrected chi connectivity index (χ0v) is 14.2. The number of hydrogen-bond acceptors (Lipinski definition) is 3. The molecule has 0 radical (unpaired) electrons. The van der Waals surface area contributed by atoms with E-state index in [1.54, 1.807) is 19.5 Å². The molecule has 0 unspecified atom stereocenters. The fourth-order valence-corrected chi connectivity index (χ4v) is 3.06. The molecule has 0 aliphatic rings. The van der Waals surface area contributed by atoms with Crippen molar-refractivity contribution in [2.45, 2.75) is 0 Å². The summed E-state index contributed by atoms with van der Waals surface area (Å²) in [7, 11) is 1.62. The maximum Gasteiger partial charge on any atom is 0.273 e. The van der Waals surface area contributed by atoms with Crippen molar-refractivity contribution in [1.82, 2.24) is 10.4 Å². The van der Waals surface area contributed by atoms with E-state index in [1.807, 2.05) is 60.7 Å². The number of aromatic nitrogens is 1. The Hall–Kier alpha value is -3.60. The predicted molar refractivity (Wildman–Crippen MR) is 104 cm³/mol. The minimum Gasteiger partial charge on any atom is -0.496 e. The van der Waals surface area contributed by atoms with Crippen molar-refractivity contribution in [1.29, 1.82) is 0 Å². The van der Waals surface area contributed by atoms with Crippen LogP contribution in [0.4, 0.5) is 0 Å². The van der Waals surface area contributed by atoms with E-state index in [-0.39, 0.29) is 5.91 Å². The number of carbonyl (C=O) groups is 1. The Bertz CT molecular complexity index is 1130. The van der Waals surface area contributed by atoms with E-state index in [0.717, 1.165) is 27.2 Å². The van der Waals surface area contributed by atoms with Gasteiger partial charge in [0, 0.05) is 22.7 Å². The molecule has 5 heteroatoms. The Balaban J connectivity index is 1.63. The number of amides is 1. The number of aromatic amines is 1. The number of benzene rings is 3. The predicted octanol–water partition coefficient (Wildman–Crippen LogP) is 4.09. The van der Waals surface area contributed by atoms with Crippen molar-refractivity contribution in [2.75, 3.05) is 7.11 Å². The van der Waals surface area contributed by atoms with Crippen molar-refractivity contribution in [3.8, 4) is 5.75 Å². The summed E-state index contributed by atoms with van der Waals surface area (Å²) in [6.07, 6.45) is 3.31. The highest BCUT2D eigenvalue weighted by Gasteiger charge is 2.11. The van der Waals surface area contributed by atoms with Crippen LogP contribution in [0.2, 0.25) is 0 Å². The normalized spacial score (nSPS) is 11.3. The van der Waals surface area contributed by atoms with Crippen LogP contribution in [0.5, 0.6) is 5.75 Å². The molecule has 0 saturated carbocycles. The number of rotatable bonds is 4. The molecule has 0 aliphatic heterocycles. The van der Waals surface area contributed by atoms with Gasteiger partial charge in [-0.05, 0) is 22.9 Å². The fraction of sp³-hybridized carbons (Fsp3) is 0.0476. The lowest BCUT2D eigenvalue weighted by atomic mass is 10.0. The molecule has 1 heterocycles. The summed E-state index contributed by atoms with van der Waals surface area (Å²) in [6, 6.07) is 19.5. The quantitative estimate of drug-likeness (QED) is 0.433. The smallest absolute Gasteiger partial charge is 0.273 e. The average Bonchev–Trinajstić information content (AvgIpc) is 3.12. The van der Waals surface area contributed by atoms with Crippen molar-refractivity contribution >= 4 is 33.8 Å². The van der Waals surface area contributed by atoms with Gasteiger partial charge in [0.2, 0.25) is 0 Å². The fourth-order valence-electron chi connectivity index (χ4n) is 3.06. The van der Waals surface area contributed by atoms with Gasteiger partial charge < -0.3 is 9.72 Å². The molecular formula is C21H17N3O2. The number of nitrogens with zero attached hydrogens (tertiary/aromatic N) is 1. The van der Waals surface area contributed by atoms with E-state index >= 15 is 0 Å². The number of H-pyrrole nitrogens is 1. The van der Waals surface area contributed by atoms with Crippen LogP contribution >= 0.6 is 0 Å². The third kappa shape index (κ3) is 2.80. The van der Waals surface area contributed by atoms with Gasteiger partial charge in [-0.25, -0.2) is 5.43 Å². The zero-order chi connectivity index (χ0) is 17.9. The van der Waals surface area contributed by atoms with Crippen molar-refractivity contribution in [3.05, 3.63) is 78.0 Å². The van der Waals surface area contributed by atoms with Gasteiger partial charge in [-0.3, -0.25) is 4.79 Å². The molecule has 4 rings (SSSR count). The highest BCUT2D eigenvalue weighted by Crippen LogP contribution is 2.26. The van der Waals surface area contributed by atoms with Gasteiger partial charge in [0.15, 0.2) is 0 Å². The van der Waals surface area contributed by atoms with Crippen LogP contribution in [0.15, 0.2) is 72.0 Å². The number of methoxy groups -OCH3 is 1. The Morgan fingerprint density at radius 1 is 1.04 bits per heavy atom. The summed E-state index contributed by atoms with van der Waals surface area (Å²) in [6.45, 7) is 0. The SMILES string of the molecule is COc1ccc2ccccc2c1C=NNC(=O)c1c[nH]c2ccccc12. The summed E-state index contributed by atoms with van der Waals surface area (Å²) in [5.41, 5.74) is 4.89. The Morgan fingerprint density at radius 3 is 2.65 bits per heavy atom. The van der Waals surface area contributed by atoms with Crippen molar-refractivity contribution < 1.29 is 9.53 Å². The lowest BCUT2D eigenvalue weighted by molar-refractivity contribution is 0.0957. The summed E-state index contributed by atoms with van der Waals surface area (Å²) < 4.78 is 5.43. The first kappa shape index (κ1) is 15.9. The van der Waals surface area contributed by atoms with Crippen LogP contribution < -0.4 is 10.2 Å². The van der Waals surface area contributed by atoms with Crippen LogP contribution in [0.1, 0.15) is 15.9 Å². The molecular weight excluding hydrogens is 326 g/mol. The summed E-state index contributed by atoms with van der Waals surface area (Å²) in [5, 5.41) is 7.10. The zero-order valence-electron chi connectivity index (χ0n) is 14.2. The number of fused-ring (bicyclic) bond motifs is 2. The van der Waals surface area contributed by atoms with E-state index in [4.69, 9.17) is 4.74 Å². The molecule has 5 nitrogen and oxygen atoms in total. The molecule has 4 aromatic rings. The molecule has 0 spiro atoms. The average molecular weight is 343 g/mol. The summed E-state index contributed by atoms with van der Waals surface area (Å²) in [4.78, 5) is 15.5. The third-order valence-electron chi connectivity index (χ3n) is 4.34. The number of hydrazone groups is 1. The largest absolute Gasteiger partial charge is 0.496 e. The number of nitrogens with one attached hydrogen (secondary N) is 2. The van der Waals surface area contributed by atoms with Gasteiger partial charge in [-0.1, -0.05) is 48.5 Å². The Labute approximate surface area is 150 Å². The van der Waals surface area contributed by atoms with Crippen LogP contribution in [-0.4, -0.2) is 24.2 Å². The molecule has 3 aromatic carbocycles. The summed E-state index contributed by atoms with van der Waals surface area (Å²) >= 11 is 0. The Kier molecular flexibility index (Phi) is 4.11. The van der Waals surface area contributed by atoms with Gasteiger partial charge >= 0.3 is 0 Å². The molecule has 0 bridgehead atoms. The van der Waals surface area contributed by atoms with Crippen LogP contribution in [-0.2, 0) is 0 Å². The van der Waals surface area contributed by atoms with Crippen molar-refractivity contribution in [3.63, 3.8) is 0 Å².